The summed E-state index contributed by atoms with van der Waals surface area (Å²) in [6.45, 7) is 3.60. The first-order valence-corrected chi connectivity index (χ1v) is 8.62. The van der Waals surface area contributed by atoms with Crippen LogP contribution >= 0.6 is 0 Å². The number of carbonyl (C=O) groups excluding carboxylic acids is 1. The standard InChI is InChI=1S/C19H21N3O2/c1-2-24-16-10-4-3-8-14(16)18-21-13-7-9-15(21)19(23)22(18)17-11-5-6-12-20-17/h3-6,8,10-12,15,18H,2,7,9,13H2,1H3/p+1. The average Bonchev–Trinajstić information content (AvgIpc) is 3.19. The van der Waals surface area contributed by atoms with Gasteiger partial charge in [0, 0.05) is 19.0 Å². The number of nitrogens with one attached hydrogen (secondary N) is 1. The molecule has 1 aromatic heterocycles. The third-order valence-electron chi connectivity index (χ3n) is 4.96. The fourth-order valence-corrected chi connectivity index (χ4v) is 4.01. The summed E-state index contributed by atoms with van der Waals surface area (Å²) in [4.78, 5) is 20.7. The summed E-state index contributed by atoms with van der Waals surface area (Å²) in [5, 5.41) is 0. The summed E-state index contributed by atoms with van der Waals surface area (Å²) in [6, 6.07) is 13.8. The van der Waals surface area contributed by atoms with E-state index in [-0.39, 0.29) is 18.1 Å². The first-order chi connectivity index (χ1) is 11.8. The van der Waals surface area contributed by atoms with Crippen LogP contribution < -0.4 is 14.5 Å². The number of carbonyl (C=O) groups is 1. The molecule has 0 bridgehead atoms. The van der Waals surface area contributed by atoms with Crippen LogP contribution in [-0.2, 0) is 4.79 Å². The Balaban J connectivity index is 1.82. The highest BCUT2D eigenvalue weighted by Gasteiger charge is 2.54. The van der Waals surface area contributed by atoms with Crippen LogP contribution in [0.5, 0.6) is 5.75 Å². The number of fused-ring (bicyclic) bond motifs is 1. The third-order valence-corrected chi connectivity index (χ3v) is 4.96. The SMILES string of the molecule is CCOc1ccccc1C1N(c2ccccn2)C(=O)C2CCC[NH+]21. The van der Waals surface area contributed by atoms with Gasteiger partial charge in [-0.1, -0.05) is 18.2 Å². The number of rotatable bonds is 4. The first kappa shape index (κ1) is 15.1. The van der Waals surface area contributed by atoms with Crippen molar-refractivity contribution in [3.8, 4) is 5.75 Å². The van der Waals surface area contributed by atoms with Crippen molar-refractivity contribution in [1.82, 2.24) is 4.98 Å². The molecule has 2 aliphatic heterocycles. The summed E-state index contributed by atoms with van der Waals surface area (Å²) >= 11 is 0. The fourth-order valence-electron chi connectivity index (χ4n) is 4.01. The molecule has 24 heavy (non-hydrogen) atoms. The summed E-state index contributed by atoms with van der Waals surface area (Å²) in [5.74, 6) is 1.76. The van der Waals surface area contributed by atoms with Crippen molar-refractivity contribution >= 4 is 11.7 Å². The van der Waals surface area contributed by atoms with Crippen LogP contribution in [0.2, 0.25) is 0 Å². The maximum atomic E-state index is 13.1. The lowest BCUT2D eigenvalue weighted by molar-refractivity contribution is -0.924. The van der Waals surface area contributed by atoms with Gasteiger partial charge < -0.3 is 9.64 Å². The van der Waals surface area contributed by atoms with Crippen molar-refractivity contribution in [1.29, 1.82) is 0 Å². The zero-order valence-electron chi connectivity index (χ0n) is 13.8. The Morgan fingerprint density at radius 2 is 2.08 bits per heavy atom. The van der Waals surface area contributed by atoms with Gasteiger partial charge in [0.2, 0.25) is 6.17 Å². The van der Waals surface area contributed by atoms with Gasteiger partial charge in [-0.25, -0.2) is 9.88 Å². The topological polar surface area (TPSA) is 46.9 Å². The van der Waals surface area contributed by atoms with E-state index in [0.717, 1.165) is 36.5 Å². The van der Waals surface area contributed by atoms with Crippen molar-refractivity contribution in [2.45, 2.75) is 32.0 Å². The van der Waals surface area contributed by atoms with Gasteiger partial charge in [-0.15, -0.1) is 0 Å². The van der Waals surface area contributed by atoms with E-state index in [2.05, 4.69) is 11.1 Å². The molecule has 2 aliphatic rings. The first-order valence-electron chi connectivity index (χ1n) is 8.62. The van der Waals surface area contributed by atoms with E-state index in [9.17, 15) is 4.79 Å². The molecular formula is C19H22N3O2+. The zero-order valence-corrected chi connectivity index (χ0v) is 13.8. The zero-order chi connectivity index (χ0) is 16.5. The molecule has 2 aromatic rings. The number of anilines is 1. The molecular weight excluding hydrogens is 302 g/mol. The number of hydrogen-bond acceptors (Lipinski definition) is 3. The maximum Gasteiger partial charge on any atom is 0.291 e. The second-order valence-electron chi connectivity index (χ2n) is 6.29. The molecule has 1 amide bonds. The molecule has 3 heterocycles. The highest BCUT2D eigenvalue weighted by molar-refractivity contribution is 5.97. The van der Waals surface area contributed by atoms with Crippen molar-refractivity contribution in [3.63, 3.8) is 0 Å². The molecule has 0 radical (unpaired) electrons. The smallest absolute Gasteiger partial charge is 0.291 e. The molecule has 0 spiro atoms. The number of pyridine rings is 1. The summed E-state index contributed by atoms with van der Waals surface area (Å²) < 4.78 is 5.85. The quantitative estimate of drug-likeness (QED) is 0.929. The predicted molar refractivity (Wildman–Crippen MR) is 90.9 cm³/mol. The molecule has 124 valence electrons. The van der Waals surface area contributed by atoms with Crippen LogP contribution in [0, 0.1) is 0 Å². The van der Waals surface area contributed by atoms with Gasteiger partial charge in [-0.2, -0.15) is 0 Å². The molecule has 5 nitrogen and oxygen atoms in total. The number of aromatic nitrogens is 1. The van der Waals surface area contributed by atoms with E-state index >= 15 is 0 Å². The molecule has 1 N–H and O–H groups in total. The van der Waals surface area contributed by atoms with Crippen LogP contribution in [0.1, 0.15) is 31.5 Å². The Morgan fingerprint density at radius 1 is 1.25 bits per heavy atom. The molecule has 0 aliphatic carbocycles. The minimum Gasteiger partial charge on any atom is -0.493 e. The van der Waals surface area contributed by atoms with E-state index in [1.165, 1.54) is 4.90 Å². The maximum absolute atomic E-state index is 13.1. The van der Waals surface area contributed by atoms with Gasteiger partial charge in [-0.05, 0) is 31.2 Å². The predicted octanol–water partition coefficient (Wildman–Crippen LogP) is 1.57. The lowest BCUT2D eigenvalue weighted by Crippen LogP contribution is -3.12. The highest BCUT2D eigenvalue weighted by Crippen LogP contribution is 2.33. The van der Waals surface area contributed by atoms with Gasteiger partial charge in [0.1, 0.15) is 11.6 Å². The van der Waals surface area contributed by atoms with E-state index in [1.807, 2.05) is 48.2 Å². The number of nitrogens with zero attached hydrogens (tertiary/aromatic N) is 2. The number of benzene rings is 1. The van der Waals surface area contributed by atoms with Gasteiger partial charge in [0.05, 0.1) is 18.7 Å². The number of ether oxygens (including phenoxy) is 1. The fraction of sp³-hybridized carbons (Fsp3) is 0.368. The van der Waals surface area contributed by atoms with E-state index < -0.39 is 0 Å². The minimum absolute atomic E-state index is 0.0340. The Morgan fingerprint density at radius 3 is 2.88 bits per heavy atom. The Labute approximate surface area is 141 Å². The van der Waals surface area contributed by atoms with Crippen LogP contribution in [0.25, 0.3) is 0 Å². The highest BCUT2D eigenvalue weighted by atomic mass is 16.5. The van der Waals surface area contributed by atoms with E-state index in [4.69, 9.17) is 4.74 Å². The Kier molecular flexibility index (Phi) is 3.94. The largest absolute Gasteiger partial charge is 0.493 e. The second kappa shape index (κ2) is 6.24. The van der Waals surface area contributed by atoms with Crippen LogP contribution in [0.3, 0.4) is 0 Å². The second-order valence-corrected chi connectivity index (χ2v) is 6.29. The molecule has 0 saturated carbocycles. The van der Waals surface area contributed by atoms with Gasteiger partial charge in [-0.3, -0.25) is 4.79 Å². The number of quaternary nitrogens is 1. The molecule has 3 atom stereocenters. The third kappa shape index (κ3) is 2.36. The number of hydrogen-bond donors (Lipinski definition) is 1. The average molecular weight is 324 g/mol. The number of amides is 1. The van der Waals surface area contributed by atoms with E-state index in [1.54, 1.807) is 6.20 Å². The van der Waals surface area contributed by atoms with Gasteiger partial charge >= 0.3 is 0 Å². The Hall–Kier alpha value is -2.40. The molecule has 2 fully saturated rings. The monoisotopic (exact) mass is 324 g/mol. The van der Waals surface area contributed by atoms with Crippen LogP contribution in [-0.4, -0.2) is 30.1 Å². The molecule has 4 rings (SSSR count). The van der Waals surface area contributed by atoms with E-state index in [0.29, 0.717) is 6.61 Å². The molecule has 3 unspecified atom stereocenters. The minimum atomic E-state index is -0.0670. The summed E-state index contributed by atoms with van der Waals surface area (Å²) in [7, 11) is 0. The lowest BCUT2D eigenvalue weighted by Gasteiger charge is -2.27. The Bertz CT molecular complexity index is 734. The van der Waals surface area contributed by atoms with Gasteiger partial charge in [0.15, 0.2) is 6.04 Å². The van der Waals surface area contributed by atoms with Crippen molar-refractivity contribution < 1.29 is 14.4 Å². The lowest BCUT2D eigenvalue weighted by atomic mass is 10.1. The van der Waals surface area contributed by atoms with Crippen molar-refractivity contribution in [2.75, 3.05) is 18.1 Å². The van der Waals surface area contributed by atoms with Crippen molar-refractivity contribution in [2.24, 2.45) is 0 Å². The molecule has 2 saturated heterocycles. The molecule has 5 heteroatoms. The summed E-state index contributed by atoms with van der Waals surface area (Å²) in [5.41, 5.74) is 1.07. The van der Waals surface area contributed by atoms with Crippen molar-refractivity contribution in [3.05, 3.63) is 54.2 Å². The molecule has 1 aromatic carbocycles. The van der Waals surface area contributed by atoms with Crippen LogP contribution in [0.4, 0.5) is 5.82 Å². The summed E-state index contributed by atoms with van der Waals surface area (Å²) in [6.07, 6.45) is 3.72. The number of para-hydroxylation sites is 1. The normalized spacial score (nSPS) is 25.8. The van der Waals surface area contributed by atoms with Gasteiger partial charge in [0.25, 0.3) is 5.91 Å². The van der Waals surface area contributed by atoms with Crippen LogP contribution in [0.15, 0.2) is 48.7 Å².